The van der Waals surface area contributed by atoms with Crippen LogP contribution in [0.2, 0.25) is 0 Å². The first-order valence-electron chi connectivity index (χ1n) is 8.79. The van der Waals surface area contributed by atoms with Gasteiger partial charge in [-0.3, -0.25) is 15.0 Å². The van der Waals surface area contributed by atoms with Crippen LogP contribution >= 0.6 is 0 Å². The highest BCUT2D eigenvalue weighted by Crippen LogP contribution is 2.30. The smallest absolute Gasteiger partial charge is 0.292 e. The van der Waals surface area contributed by atoms with Crippen molar-refractivity contribution in [3.8, 4) is 17.2 Å². The van der Waals surface area contributed by atoms with E-state index in [0.29, 0.717) is 18.1 Å². The lowest BCUT2D eigenvalue weighted by atomic mass is 10.1. The van der Waals surface area contributed by atoms with Crippen molar-refractivity contribution < 1.29 is 14.4 Å². The van der Waals surface area contributed by atoms with Crippen LogP contribution in [-0.2, 0) is 0 Å². The summed E-state index contributed by atoms with van der Waals surface area (Å²) in [6.07, 6.45) is 3.89. The van der Waals surface area contributed by atoms with Crippen molar-refractivity contribution in [1.82, 2.24) is 4.90 Å². The first-order valence-corrected chi connectivity index (χ1v) is 8.79. The summed E-state index contributed by atoms with van der Waals surface area (Å²) in [6.45, 7) is 3.93. The molecule has 26 heavy (non-hydrogen) atoms. The molecule has 7 nitrogen and oxygen atoms in total. The fourth-order valence-corrected chi connectivity index (χ4v) is 2.98. The van der Waals surface area contributed by atoms with Gasteiger partial charge in [-0.2, -0.15) is 0 Å². The second-order valence-corrected chi connectivity index (χ2v) is 6.30. The van der Waals surface area contributed by atoms with Gasteiger partial charge in [0.05, 0.1) is 4.92 Å². The molecule has 0 amide bonds. The minimum Gasteiger partial charge on any atom is -0.492 e. The maximum absolute atomic E-state index is 10.8. The molecule has 0 aliphatic carbocycles. The fraction of sp³-hybridized carbons (Fsp3) is 0.368. The first-order chi connectivity index (χ1) is 12.6. The van der Waals surface area contributed by atoms with Crippen LogP contribution in [0.5, 0.6) is 17.2 Å². The van der Waals surface area contributed by atoms with Gasteiger partial charge in [0.1, 0.15) is 29.5 Å². The SMILES string of the molecule is Nc1cc(Oc2ccc(OCCN3CCCCC3)cc2)ccc1[N+](=O)[O-]. The van der Waals surface area contributed by atoms with Gasteiger partial charge in [-0.1, -0.05) is 6.42 Å². The Morgan fingerprint density at radius 2 is 1.65 bits per heavy atom. The van der Waals surface area contributed by atoms with Crippen molar-refractivity contribution in [2.45, 2.75) is 19.3 Å². The average molecular weight is 357 g/mol. The largest absolute Gasteiger partial charge is 0.492 e. The Morgan fingerprint density at radius 3 is 2.31 bits per heavy atom. The van der Waals surface area contributed by atoms with Crippen molar-refractivity contribution in [2.75, 3.05) is 32.0 Å². The number of anilines is 1. The number of hydrogen-bond donors (Lipinski definition) is 1. The molecule has 0 radical (unpaired) electrons. The molecule has 1 aliphatic heterocycles. The van der Waals surface area contributed by atoms with Gasteiger partial charge in [0.15, 0.2) is 0 Å². The molecule has 0 saturated carbocycles. The highest BCUT2D eigenvalue weighted by molar-refractivity contribution is 5.61. The Hall–Kier alpha value is -2.80. The number of nitrogens with two attached hydrogens (primary N) is 1. The Morgan fingerprint density at radius 1 is 1.00 bits per heavy atom. The predicted molar refractivity (Wildman–Crippen MR) is 99.8 cm³/mol. The number of hydrogen-bond acceptors (Lipinski definition) is 6. The second-order valence-electron chi connectivity index (χ2n) is 6.30. The molecule has 2 aromatic rings. The quantitative estimate of drug-likeness (QED) is 0.460. The van der Waals surface area contributed by atoms with Gasteiger partial charge in [-0.05, 0) is 56.3 Å². The molecule has 138 valence electrons. The molecule has 0 atom stereocenters. The molecule has 2 aromatic carbocycles. The van der Waals surface area contributed by atoms with Crippen molar-refractivity contribution in [2.24, 2.45) is 0 Å². The molecule has 0 unspecified atom stereocenters. The van der Waals surface area contributed by atoms with Crippen molar-refractivity contribution in [3.63, 3.8) is 0 Å². The minimum absolute atomic E-state index is 0.0742. The summed E-state index contributed by atoms with van der Waals surface area (Å²) in [6, 6.07) is 11.6. The maximum Gasteiger partial charge on any atom is 0.292 e. The molecule has 0 aromatic heterocycles. The van der Waals surface area contributed by atoms with Gasteiger partial charge >= 0.3 is 0 Å². The molecule has 1 fully saturated rings. The van der Waals surface area contributed by atoms with E-state index in [4.69, 9.17) is 15.2 Å². The van der Waals surface area contributed by atoms with Crippen LogP contribution in [-0.4, -0.2) is 36.1 Å². The lowest BCUT2D eigenvalue weighted by Crippen LogP contribution is -2.33. The molecular formula is C19H23N3O4. The zero-order valence-corrected chi connectivity index (χ0v) is 14.6. The van der Waals surface area contributed by atoms with Crippen LogP contribution in [0.15, 0.2) is 42.5 Å². The Balaban J connectivity index is 1.51. The third-order valence-electron chi connectivity index (χ3n) is 4.38. The number of benzene rings is 2. The Bertz CT molecular complexity index is 743. The third-order valence-corrected chi connectivity index (χ3v) is 4.38. The van der Waals surface area contributed by atoms with Gasteiger partial charge in [0.25, 0.3) is 5.69 Å². The van der Waals surface area contributed by atoms with E-state index in [0.717, 1.165) is 25.4 Å². The summed E-state index contributed by atoms with van der Waals surface area (Å²) < 4.78 is 11.5. The van der Waals surface area contributed by atoms with E-state index in [-0.39, 0.29) is 11.4 Å². The fourth-order valence-electron chi connectivity index (χ4n) is 2.98. The number of nitrogen functional groups attached to an aromatic ring is 1. The van der Waals surface area contributed by atoms with E-state index < -0.39 is 4.92 Å². The standard InChI is InChI=1S/C19H23N3O4/c20-18-14-17(8-9-19(18)22(23)24)26-16-6-4-15(5-7-16)25-13-12-21-10-2-1-3-11-21/h4-9,14H,1-3,10-13,20H2. The summed E-state index contributed by atoms with van der Waals surface area (Å²) in [4.78, 5) is 12.7. The molecule has 1 aliphatic rings. The minimum atomic E-state index is -0.519. The summed E-state index contributed by atoms with van der Waals surface area (Å²) in [5.74, 6) is 1.85. The number of nitro groups is 1. The van der Waals surface area contributed by atoms with Crippen LogP contribution in [0.3, 0.4) is 0 Å². The topological polar surface area (TPSA) is 90.9 Å². The van der Waals surface area contributed by atoms with Gasteiger partial charge in [-0.25, -0.2) is 0 Å². The van der Waals surface area contributed by atoms with Crippen molar-refractivity contribution in [3.05, 3.63) is 52.6 Å². The summed E-state index contributed by atoms with van der Waals surface area (Å²) in [5.41, 5.74) is 5.62. The number of piperidine rings is 1. The van der Waals surface area contributed by atoms with Crippen LogP contribution < -0.4 is 15.2 Å². The van der Waals surface area contributed by atoms with Gasteiger partial charge in [0.2, 0.25) is 0 Å². The maximum atomic E-state index is 10.8. The highest BCUT2D eigenvalue weighted by atomic mass is 16.6. The van der Waals surface area contributed by atoms with E-state index in [1.54, 1.807) is 12.1 Å². The van der Waals surface area contributed by atoms with E-state index in [1.807, 2.05) is 12.1 Å². The molecule has 2 N–H and O–H groups in total. The first kappa shape index (κ1) is 18.0. The van der Waals surface area contributed by atoms with Gasteiger partial charge in [-0.15, -0.1) is 0 Å². The number of nitro benzene ring substituents is 1. The van der Waals surface area contributed by atoms with E-state index in [2.05, 4.69) is 4.90 Å². The molecule has 0 bridgehead atoms. The molecule has 7 heteroatoms. The highest BCUT2D eigenvalue weighted by Gasteiger charge is 2.12. The second kappa shape index (κ2) is 8.53. The zero-order valence-electron chi connectivity index (χ0n) is 14.6. The number of likely N-dealkylation sites (tertiary alicyclic amines) is 1. The number of nitrogens with zero attached hydrogens (tertiary/aromatic N) is 2. The summed E-state index contributed by atoms with van der Waals surface area (Å²) in [5, 5.41) is 10.8. The lowest BCUT2D eigenvalue weighted by Gasteiger charge is -2.26. The van der Waals surface area contributed by atoms with Crippen LogP contribution in [0.4, 0.5) is 11.4 Å². The van der Waals surface area contributed by atoms with Crippen LogP contribution in [0.25, 0.3) is 0 Å². The van der Waals surface area contributed by atoms with E-state index in [9.17, 15) is 10.1 Å². The average Bonchev–Trinajstić information content (AvgIpc) is 2.64. The monoisotopic (exact) mass is 357 g/mol. The molecule has 1 saturated heterocycles. The van der Waals surface area contributed by atoms with Crippen molar-refractivity contribution in [1.29, 1.82) is 0 Å². The Kier molecular flexibility index (Phi) is 5.91. The predicted octanol–water partition coefficient (Wildman–Crippen LogP) is 3.83. The third kappa shape index (κ3) is 4.86. The van der Waals surface area contributed by atoms with Gasteiger partial charge in [0, 0.05) is 18.7 Å². The van der Waals surface area contributed by atoms with E-state index in [1.165, 1.54) is 37.5 Å². The zero-order chi connectivity index (χ0) is 18.4. The van der Waals surface area contributed by atoms with Crippen molar-refractivity contribution >= 4 is 11.4 Å². The Labute approximate surface area is 152 Å². The number of ether oxygens (including phenoxy) is 2. The van der Waals surface area contributed by atoms with E-state index >= 15 is 0 Å². The lowest BCUT2D eigenvalue weighted by molar-refractivity contribution is -0.383. The van der Waals surface area contributed by atoms with Crippen LogP contribution in [0.1, 0.15) is 19.3 Å². The molecule has 0 spiro atoms. The normalized spacial score (nSPS) is 14.8. The number of rotatable bonds is 7. The van der Waals surface area contributed by atoms with Crippen LogP contribution in [0, 0.1) is 10.1 Å². The van der Waals surface area contributed by atoms with Gasteiger partial charge < -0.3 is 15.2 Å². The molecular weight excluding hydrogens is 334 g/mol. The summed E-state index contributed by atoms with van der Waals surface area (Å²) >= 11 is 0. The summed E-state index contributed by atoms with van der Waals surface area (Å²) in [7, 11) is 0. The molecule has 1 heterocycles. The molecule has 3 rings (SSSR count).